The van der Waals surface area contributed by atoms with Crippen molar-refractivity contribution in [2.24, 2.45) is 0 Å². The van der Waals surface area contributed by atoms with Gasteiger partial charge in [-0.25, -0.2) is 4.98 Å². The van der Waals surface area contributed by atoms with E-state index in [-0.39, 0.29) is 6.54 Å². The summed E-state index contributed by atoms with van der Waals surface area (Å²) in [7, 11) is 1.55. The third-order valence-electron chi connectivity index (χ3n) is 2.09. The molecule has 0 aliphatic rings. The first-order valence-electron chi connectivity index (χ1n) is 4.60. The summed E-state index contributed by atoms with van der Waals surface area (Å²) in [6.45, 7) is -0.319. The first-order chi connectivity index (χ1) is 7.69. The Hall–Kier alpha value is -2.24. The predicted molar refractivity (Wildman–Crippen MR) is 56.8 cm³/mol. The Morgan fingerprint density at radius 2 is 2.25 bits per heavy atom. The standard InChI is InChI=1S/C10H9N3O3/c1-16-8-2-3-9-10(4-8)12-7(5-11-9)6-13(14)15/h2-5H,6H2,1H3. The fraction of sp³-hybridized carbons (Fsp3) is 0.200. The van der Waals surface area contributed by atoms with Crippen molar-refractivity contribution in [1.29, 1.82) is 0 Å². The lowest BCUT2D eigenvalue weighted by Gasteiger charge is -2.02. The minimum atomic E-state index is -0.435. The average molecular weight is 219 g/mol. The number of methoxy groups -OCH3 is 1. The van der Waals surface area contributed by atoms with Gasteiger partial charge in [-0.2, -0.15) is 0 Å². The normalized spacial score (nSPS) is 10.3. The highest BCUT2D eigenvalue weighted by Gasteiger charge is 2.06. The van der Waals surface area contributed by atoms with E-state index in [1.54, 1.807) is 25.3 Å². The van der Waals surface area contributed by atoms with Crippen molar-refractivity contribution >= 4 is 11.0 Å². The van der Waals surface area contributed by atoms with Crippen LogP contribution in [0, 0.1) is 10.1 Å². The molecule has 0 atom stereocenters. The zero-order valence-electron chi connectivity index (χ0n) is 8.58. The highest BCUT2D eigenvalue weighted by atomic mass is 16.6. The summed E-state index contributed by atoms with van der Waals surface area (Å²) in [5, 5.41) is 10.3. The molecule has 1 heterocycles. The molecule has 0 spiro atoms. The molecule has 1 aromatic carbocycles. The first kappa shape index (κ1) is 10.3. The van der Waals surface area contributed by atoms with Gasteiger partial charge in [0, 0.05) is 11.0 Å². The lowest BCUT2D eigenvalue weighted by molar-refractivity contribution is -0.497. The topological polar surface area (TPSA) is 78.2 Å². The van der Waals surface area contributed by atoms with Crippen LogP contribution in [0.3, 0.4) is 0 Å². The van der Waals surface area contributed by atoms with Crippen molar-refractivity contribution in [2.45, 2.75) is 6.54 Å². The summed E-state index contributed by atoms with van der Waals surface area (Å²) in [6.07, 6.45) is 1.41. The zero-order chi connectivity index (χ0) is 11.5. The summed E-state index contributed by atoms with van der Waals surface area (Å²) in [6, 6.07) is 5.23. The van der Waals surface area contributed by atoms with Crippen LogP contribution in [-0.4, -0.2) is 22.0 Å². The van der Waals surface area contributed by atoms with Gasteiger partial charge in [0.15, 0.2) is 0 Å². The van der Waals surface area contributed by atoms with E-state index in [9.17, 15) is 10.1 Å². The maximum absolute atomic E-state index is 10.3. The molecule has 0 saturated carbocycles. The molecule has 0 unspecified atom stereocenters. The maximum Gasteiger partial charge on any atom is 0.247 e. The molecule has 82 valence electrons. The van der Waals surface area contributed by atoms with Crippen LogP contribution in [0.15, 0.2) is 24.4 Å². The van der Waals surface area contributed by atoms with Crippen LogP contribution in [-0.2, 0) is 6.54 Å². The number of nitrogens with zero attached hydrogens (tertiary/aromatic N) is 3. The molecule has 0 amide bonds. The van der Waals surface area contributed by atoms with Gasteiger partial charge in [-0.3, -0.25) is 15.1 Å². The van der Waals surface area contributed by atoms with E-state index in [0.717, 1.165) is 0 Å². The van der Waals surface area contributed by atoms with Crippen LogP contribution in [0.2, 0.25) is 0 Å². The predicted octanol–water partition coefficient (Wildman–Crippen LogP) is 1.42. The van der Waals surface area contributed by atoms with Gasteiger partial charge in [-0.15, -0.1) is 0 Å². The number of nitro groups is 1. The van der Waals surface area contributed by atoms with E-state index < -0.39 is 4.92 Å². The second-order valence-electron chi connectivity index (χ2n) is 3.21. The molecular formula is C10H9N3O3. The van der Waals surface area contributed by atoms with Crippen molar-refractivity contribution in [3.63, 3.8) is 0 Å². The van der Waals surface area contributed by atoms with Crippen LogP contribution in [0.5, 0.6) is 5.75 Å². The van der Waals surface area contributed by atoms with Gasteiger partial charge in [0.25, 0.3) is 0 Å². The van der Waals surface area contributed by atoms with Crippen molar-refractivity contribution < 1.29 is 9.66 Å². The van der Waals surface area contributed by atoms with Crippen molar-refractivity contribution in [2.75, 3.05) is 7.11 Å². The summed E-state index contributed by atoms with van der Waals surface area (Å²) >= 11 is 0. The van der Waals surface area contributed by atoms with Gasteiger partial charge >= 0.3 is 0 Å². The number of fused-ring (bicyclic) bond motifs is 1. The molecule has 16 heavy (non-hydrogen) atoms. The Kier molecular flexibility index (Phi) is 2.63. The molecule has 6 nitrogen and oxygen atoms in total. The number of ether oxygens (including phenoxy) is 1. The van der Waals surface area contributed by atoms with E-state index in [1.165, 1.54) is 6.20 Å². The second-order valence-corrected chi connectivity index (χ2v) is 3.21. The minimum absolute atomic E-state index is 0.319. The number of rotatable bonds is 3. The lowest BCUT2D eigenvalue weighted by atomic mass is 10.2. The third kappa shape index (κ3) is 2.05. The van der Waals surface area contributed by atoms with E-state index in [2.05, 4.69) is 9.97 Å². The van der Waals surface area contributed by atoms with Crippen LogP contribution < -0.4 is 4.74 Å². The fourth-order valence-electron chi connectivity index (χ4n) is 1.37. The SMILES string of the molecule is COc1ccc2ncc(C[N+](=O)[O-])nc2c1. The van der Waals surface area contributed by atoms with E-state index in [0.29, 0.717) is 22.5 Å². The van der Waals surface area contributed by atoms with Gasteiger partial charge in [-0.1, -0.05) is 0 Å². The van der Waals surface area contributed by atoms with Crippen molar-refractivity contribution in [3.05, 3.63) is 40.2 Å². The molecule has 0 fully saturated rings. The Bertz CT molecular complexity index is 542. The van der Waals surface area contributed by atoms with E-state index >= 15 is 0 Å². The number of benzene rings is 1. The van der Waals surface area contributed by atoms with Crippen LogP contribution in [0.4, 0.5) is 0 Å². The van der Waals surface area contributed by atoms with Crippen LogP contribution in [0.1, 0.15) is 5.69 Å². The average Bonchev–Trinajstić information content (AvgIpc) is 2.27. The van der Waals surface area contributed by atoms with Crippen molar-refractivity contribution in [3.8, 4) is 5.75 Å². The Labute approximate surface area is 91.0 Å². The molecule has 2 aromatic rings. The van der Waals surface area contributed by atoms with Gasteiger partial charge in [0.1, 0.15) is 11.4 Å². The molecule has 0 N–H and O–H groups in total. The van der Waals surface area contributed by atoms with Gasteiger partial charge in [0.05, 0.1) is 24.3 Å². The smallest absolute Gasteiger partial charge is 0.247 e. The van der Waals surface area contributed by atoms with Gasteiger partial charge in [0.2, 0.25) is 6.54 Å². The Morgan fingerprint density at radius 1 is 1.44 bits per heavy atom. The number of hydrogen-bond donors (Lipinski definition) is 0. The van der Waals surface area contributed by atoms with Crippen LogP contribution in [0.25, 0.3) is 11.0 Å². The van der Waals surface area contributed by atoms with Crippen molar-refractivity contribution in [1.82, 2.24) is 9.97 Å². The first-order valence-corrected chi connectivity index (χ1v) is 4.60. The fourth-order valence-corrected chi connectivity index (χ4v) is 1.37. The van der Waals surface area contributed by atoms with E-state index in [4.69, 9.17) is 4.74 Å². The highest BCUT2D eigenvalue weighted by molar-refractivity contribution is 5.75. The Morgan fingerprint density at radius 3 is 2.94 bits per heavy atom. The van der Waals surface area contributed by atoms with Gasteiger partial charge in [-0.05, 0) is 12.1 Å². The summed E-state index contributed by atoms with van der Waals surface area (Å²) in [4.78, 5) is 18.1. The molecule has 0 saturated heterocycles. The molecule has 0 aliphatic heterocycles. The number of aromatic nitrogens is 2. The molecule has 6 heteroatoms. The monoisotopic (exact) mass is 219 g/mol. The molecule has 0 bridgehead atoms. The van der Waals surface area contributed by atoms with E-state index in [1.807, 2.05) is 0 Å². The second kappa shape index (κ2) is 4.09. The lowest BCUT2D eigenvalue weighted by Crippen LogP contribution is -2.01. The largest absolute Gasteiger partial charge is 0.497 e. The minimum Gasteiger partial charge on any atom is -0.497 e. The molecule has 0 radical (unpaired) electrons. The molecule has 1 aromatic heterocycles. The maximum atomic E-state index is 10.3. The quantitative estimate of drug-likeness (QED) is 0.576. The van der Waals surface area contributed by atoms with Gasteiger partial charge < -0.3 is 4.74 Å². The summed E-state index contributed by atoms with van der Waals surface area (Å²) in [5.41, 5.74) is 1.62. The molecular weight excluding hydrogens is 210 g/mol. The highest BCUT2D eigenvalue weighted by Crippen LogP contribution is 2.17. The Balaban J connectivity index is 2.46. The molecule has 0 aliphatic carbocycles. The molecule has 2 rings (SSSR count). The zero-order valence-corrected chi connectivity index (χ0v) is 8.58. The third-order valence-corrected chi connectivity index (χ3v) is 2.09. The summed E-state index contributed by atoms with van der Waals surface area (Å²) in [5.74, 6) is 0.653. The summed E-state index contributed by atoms with van der Waals surface area (Å²) < 4.78 is 5.04. The number of hydrogen-bond acceptors (Lipinski definition) is 5. The van der Waals surface area contributed by atoms with Crippen LogP contribution >= 0.6 is 0 Å².